The predicted octanol–water partition coefficient (Wildman–Crippen LogP) is 2.18. The third-order valence-corrected chi connectivity index (χ3v) is 4.14. The molecular formula is C15H16O4S. The van der Waals surface area contributed by atoms with E-state index >= 15 is 0 Å². The van der Waals surface area contributed by atoms with Crippen molar-refractivity contribution >= 4 is 9.84 Å². The summed E-state index contributed by atoms with van der Waals surface area (Å²) in [5.74, 6) is 0.700. The van der Waals surface area contributed by atoms with Gasteiger partial charge in [-0.05, 0) is 35.4 Å². The fourth-order valence-electron chi connectivity index (χ4n) is 1.89. The van der Waals surface area contributed by atoms with Gasteiger partial charge in [0, 0.05) is 6.26 Å². The van der Waals surface area contributed by atoms with E-state index in [9.17, 15) is 13.5 Å². The Balaban J connectivity index is 2.35. The molecule has 0 bridgehead atoms. The fourth-order valence-corrected chi connectivity index (χ4v) is 2.57. The normalized spacial score (nSPS) is 12.9. The number of ether oxygens (including phenoxy) is 1. The van der Waals surface area contributed by atoms with Crippen LogP contribution in [0.5, 0.6) is 5.75 Å². The summed E-state index contributed by atoms with van der Waals surface area (Å²) >= 11 is 0. The third-order valence-electron chi connectivity index (χ3n) is 3.03. The molecule has 2 aromatic rings. The smallest absolute Gasteiger partial charge is 0.175 e. The summed E-state index contributed by atoms with van der Waals surface area (Å²) in [6, 6.07) is 13.3. The zero-order valence-electron chi connectivity index (χ0n) is 11.3. The molecule has 20 heavy (non-hydrogen) atoms. The standard InChI is InChI=1S/C15H16O4S/c1-19-13-8-6-11(7-9-13)15(16)12-4-3-5-14(10-12)20(2,17)18/h3-10,15-16H,1-2H3. The van der Waals surface area contributed by atoms with Gasteiger partial charge in [-0.15, -0.1) is 0 Å². The van der Waals surface area contributed by atoms with Gasteiger partial charge in [0.05, 0.1) is 12.0 Å². The van der Waals surface area contributed by atoms with E-state index in [1.54, 1.807) is 43.5 Å². The van der Waals surface area contributed by atoms with Crippen molar-refractivity contribution in [3.8, 4) is 5.75 Å². The predicted molar refractivity (Wildman–Crippen MR) is 76.6 cm³/mol. The van der Waals surface area contributed by atoms with Gasteiger partial charge in [0.15, 0.2) is 9.84 Å². The molecule has 0 aliphatic carbocycles. The van der Waals surface area contributed by atoms with Crippen molar-refractivity contribution in [1.82, 2.24) is 0 Å². The second-order valence-electron chi connectivity index (χ2n) is 4.52. The highest BCUT2D eigenvalue weighted by atomic mass is 32.2. The zero-order chi connectivity index (χ0) is 14.8. The van der Waals surface area contributed by atoms with Crippen molar-refractivity contribution in [1.29, 1.82) is 0 Å². The van der Waals surface area contributed by atoms with E-state index < -0.39 is 15.9 Å². The molecule has 5 heteroatoms. The molecule has 0 aliphatic heterocycles. The summed E-state index contributed by atoms with van der Waals surface area (Å²) in [5, 5.41) is 10.3. The van der Waals surface area contributed by atoms with E-state index in [1.165, 1.54) is 12.1 Å². The molecule has 0 heterocycles. The van der Waals surface area contributed by atoms with Crippen LogP contribution in [0.15, 0.2) is 53.4 Å². The molecule has 1 atom stereocenters. The number of rotatable bonds is 4. The second kappa shape index (κ2) is 5.64. The Bertz CT molecular complexity index is 690. The van der Waals surface area contributed by atoms with Gasteiger partial charge in [0.25, 0.3) is 0 Å². The largest absolute Gasteiger partial charge is 0.497 e. The highest BCUT2D eigenvalue weighted by molar-refractivity contribution is 7.90. The molecule has 0 saturated carbocycles. The summed E-state index contributed by atoms with van der Waals surface area (Å²) in [6.07, 6.45) is 0.272. The topological polar surface area (TPSA) is 63.6 Å². The molecule has 4 nitrogen and oxygen atoms in total. The lowest BCUT2D eigenvalue weighted by Gasteiger charge is -2.13. The first-order chi connectivity index (χ1) is 9.41. The van der Waals surface area contributed by atoms with Crippen LogP contribution in [0.25, 0.3) is 0 Å². The van der Waals surface area contributed by atoms with Crippen molar-refractivity contribution in [2.75, 3.05) is 13.4 Å². The van der Waals surface area contributed by atoms with Gasteiger partial charge in [-0.1, -0.05) is 24.3 Å². The highest BCUT2D eigenvalue weighted by Crippen LogP contribution is 2.25. The Morgan fingerprint density at radius 1 is 1.05 bits per heavy atom. The molecule has 1 N–H and O–H groups in total. The molecule has 1 unspecified atom stereocenters. The van der Waals surface area contributed by atoms with E-state index in [0.717, 1.165) is 6.26 Å². The molecular weight excluding hydrogens is 276 g/mol. The minimum Gasteiger partial charge on any atom is -0.497 e. The molecule has 106 valence electrons. The molecule has 0 spiro atoms. The van der Waals surface area contributed by atoms with Crippen LogP contribution in [0.3, 0.4) is 0 Å². The Kier molecular flexibility index (Phi) is 4.11. The average molecular weight is 292 g/mol. The molecule has 2 rings (SSSR count). The van der Waals surface area contributed by atoms with Crippen molar-refractivity contribution in [2.24, 2.45) is 0 Å². The number of benzene rings is 2. The van der Waals surface area contributed by atoms with E-state index in [2.05, 4.69) is 0 Å². The number of sulfone groups is 1. The lowest BCUT2D eigenvalue weighted by molar-refractivity contribution is 0.220. The van der Waals surface area contributed by atoms with Gasteiger partial charge >= 0.3 is 0 Å². The van der Waals surface area contributed by atoms with Crippen molar-refractivity contribution in [3.63, 3.8) is 0 Å². The van der Waals surface area contributed by atoms with E-state index in [-0.39, 0.29) is 4.90 Å². The molecule has 0 aromatic heterocycles. The molecule has 0 radical (unpaired) electrons. The van der Waals surface area contributed by atoms with Crippen LogP contribution in [0.1, 0.15) is 17.2 Å². The number of hydrogen-bond donors (Lipinski definition) is 1. The Morgan fingerprint density at radius 2 is 1.70 bits per heavy atom. The van der Waals surface area contributed by atoms with Crippen molar-refractivity contribution < 1.29 is 18.3 Å². The van der Waals surface area contributed by atoms with Crippen LogP contribution < -0.4 is 4.74 Å². The van der Waals surface area contributed by atoms with E-state index in [1.807, 2.05) is 0 Å². The molecule has 2 aromatic carbocycles. The van der Waals surface area contributed by atoms with Crippen LogP contribution in [0.2, 0.25) is 0 Å². The number of methoxy groups -OCH3 is 1. The van der Waals surface area contributed by atoms with Crippen molar-refractivity contribution in [3.05, 3.63) is 59.7 Å². The maximum Gasteiger partial charge on any atom is 0.175 e. The van der Waals surface area contributed by atoms with Gasteiger partial charge in [-0.2, -0.15) is 0 Å². The van der Waals surface area contributed by atoms with Crippen LogP contribution in [-0.4, -0.2) is 26.9 Å². The van der Waals surface area contributed by atoms with E-state index in [4.69, 9.17) is 4.74 Å². The lowest BCUT2D eigenvalue weighted by Crippen LogP contribution is -2.03. The minimum atomic E-state index is -3.28. The Labute approximate surface area is 118 Å². The third kappa shape index (κ3) is 3.18. The summed E-state index contributed by atoms with van der Waals surface area (Å²) < 4.78 is 28.1. The second-order valence-corrected chi connectivity index (χ2v) is 6.54. The van der Waals surface area contributed by atoms with Crippen LogP contribution in [0.4, 0.5) is 0 Å². The highest BCUT2D eigenvalue weighted by Gasteiger charge is 2.14. The number of aliphatic hydroxyl groups excluding tert-OH is 1. The number of aliphatic hydroxyl groups is 1. The summed E-state index contributed by atoms with van der Waals surface area (Å²) in [4.78, 5) is 0.197. The monoisotopic (exact) mass is 292 g/mol. The van der Waals surface area contributed by atoms with E-state index in [0.29, 0.717) is 16.9 Å². The van der Waals surface area contributed by atoms with Gasteiger partial charge in [0.2, 0.25) is 0 Å². The Hall–Kier alpha value is -1.85. The maximum absolute atomic E-state index is 11.5. The van der Waals surface area contributed by atoms with Crippen molar-refractivity contribution in [2.45, 2.75) is 11.0 Å². The first kappa shape index (κ1) is 14.6. The minimum absolute atomic E-state index is 0.197. The van der Waals surface area contributed by atoms with Gasteiger partial charge in [-0.25, -0.2) is 8.42 Å². The quantitative estimate of drug-likeness (QED) is 0.938. The lowest BCUT2D eigenvalue weighted by atomic mass is 10.0. The van der Waals surface area contributed by atoms with Crippen LogP contribution >= 0.6 is 0 Å². The fraction of sp³-hybridized carbons (Fsp3) is 0.200. The number of hydrogen-bond acceptors (Lipinski definition) is 4. The summed E-state index contributed by atoms with van der Waals surface area (Å²) in [6.45, 7) is 0. The summed E-state index contributed by atoms with van der Waals surface area (Å²) in [7, 11) is -1.71. The SMILES string of the molecule is COc1ccc(C(O)c2cccc(S(C)(=O)=O)c2)cc1. The summed E-state index contributed by atoms with van der Waals surface area (Å²) in [5.41, 5.74) is 1.22. The molecule has 0 fully saturated rings. The van der Waals surface area contributed by atoms with Gasteiger partial charge in [0.1, 0.15) is 11.9 Å². The molecule has 0 amide bonds. The zero-order valence-corrected chi connectivity index (χ0v) is 12.1. The van der Waals surface area contributed by atoms with Gasteiger partial charge < -0.3 is 9.84 Å². The molecule has 0 aliphatic rings. The van der Waals surface area contributed by atoms with Gasteiger partial charge in [-0.3, -0.25) is 0 Å². The first-order valence-corrected chi connectivity index (χ1v) is 7.93. The van der Waals surface area contributed by atoms with Crippen LogP contribution in [-0.2, 0) is 9.84 Å². The maximum atomic E-state index is 11.5. The first-order valence-electron chi connectivity index (χ1n) is 6.04. The molecule has 0 saturated heterocycles. The van der Waals surface area contributed by atoms with Crippen LogP contribution in [0, 0.1) is 0 Å². The average Bonchev–Trinajstić information content (AvgIpc) is 2.46. The Morgan fingerprint density at radius 3 is 2.25 bits per heavy atom.